The summed E-state index contributed by atoms with van der Waals surface area (Å²) in [5, 5.41) is 0.00549. The molecule has 0 unspecified atom stereocenters. The minimum Gasteiger partial charge on any atom is -0.317 e. The molecule has 0 atom stereocenters. The van der Waals surface area contributed by atoms with Crippen molar-refractivity contribution in [2.24, 2.45) is 0 Å². The number of carbonyl (C=O) groups is 2. The first kappa shape index (κ1) is 20.3. The average Bonchev–Trinajstić information content (AvgIpc) is 3.27. The molecular weight excluding hydrogens is 437 g/mol. The van der Waals surface area contributed by atoms with Crippen molar-refractivity contribution in [2.45, 2.75) is 6.18 Å². The molecule has 1 fully saturated rings. The number of amides is 2. The van der Waals surface area contributed by atoms with E-state index in [1.807, 2.05) is 0 Å². The number of halogens is 4. The second-order valence-electron chi connectivity index (χ2n) is 6.34. The molecular formula is C21H12ClF3N2O2S. The molecule has 152 valence electrons. The van der Waals surface area contributed by atoms with Crippen LogP contribution in [-0.4, -0.2) is 15.7 Å². The highest BCUT2D eigenvalue weighted by molar-refractivity contribution is 8.19. The van der Waals surface area contributed by atoms with Crippen LogP contribution in [0.3, 0.4) is 0 Å². The highest BCUT2D eigenvalue weighted by atomic mass is 35.5. The summed E-state index contributed by atoms with van der Waals surface area (Å²) < 4.78 is 40.6. The third kappa shape index (κ3) is 3.88. The number of rotatable bonds is 3. The van der Waals surface area contributed by atoms with Crippen LogP contribution in [0.25, 0.3) is 11.8 Å². The van der Waals surface area contributed by atoms with Gasteiger partial charge in [-0.05, 0) is 72.4 Å². The number of carbonyl (C=O) groups excluding carboxylic acids is 2. The van der Waals surface area contributed by atoms with E-state index in [-0.39, 0.29) is 10.6 Å². The lowest BCUT2D eigenvalue weighted by molar-refractivity contribution is -0.137. The maximum absolute atomic E-state index is 13.0. The predicted molar refractivity (Wildman–Crippen MR) is 111 cm³/mol. The summed E-state index contributed by atoms with van der Waals surface area (Å²) in [5.74, 6) is -0.510. The third-order valence-corrected chi connectivity index (χ3v) is 5.51. The van der Waals surface area contributed by atoms with E-state index >= 15 is 0 Å². The molecule has 1 aromatic heterocycles. The van der Waals surface area contributed by atoms with Gasteiger partial charge in [0.15, 0.2) is 0 Å². The first-order valence-electron chi connectivity index (χ1n) is 8.62. The number of alkyl halides is 3. The maximum Gasteiger partial charge on any atom is 0.416 e. The summed E-state index contributed by atoms with van der Waals surface area (Å²) >= 11 is 6.61. The lowest BCUT2D eigenvalue weighted by Gasteiger charge is -2.12. The number of imide groups is 1. The number of benzene rings is 2. The van der Waals surface area contributed by atoms with Crippen LogP contribution in [0, 0.1) is 0 Å². The quantitative estimate of drug-likeness (QED) is 0.436. The molecule has 0 aliphatic carbocycles. The van der Waals surface area contributed by atoms with Gasteiger partial charge in [0, 0.05) is 22.6 Å². The fourth-order valence-electron chi connectivity index (χ4n) is 2.99. The standard InChI is InChI=1S/C21H12ClF3N2O2S/c22-14-6-8-15(9-7-14)27-19(28)18(30-20(27)29)12-17-5-2-10-26(17)16-4-1-3-13(11-16)21(23,24)25/h1-12H/b18-12+. The van der Waals surface area contributed by atoms with Crippen LogP contribution in [-0.2, 0) is 11.0 Å². The van der Waals surface area contributed by atoms with E-state index in [2.05, 4.69) is 0 Å². The molecule has 2 heterocycles. The Labute approximate surface area is 178 Å². The highest BCUT2D eigenvalue weighted by Gasteiger charge is 2.36. The summed E-state index contributed by atoms with van der Waals surface area (Å²) in [4.78, 5) is 26.4. The molecule has 4 nitrogen and oxygen atoms in total. The molecule has 0 spiro atoms. The lowest BCUT2D eigenvalue weighted by atomic mass is 10.2. The van der Waals surface area contributed by atoms with Crippen molar-refractivity contribution in [3.05, 3.63) is 88.0 Å². The van der Waals surface area contributed by atoms with E-state index in [4.69, 9.17) is 11.6 Å². The Balaban J connectivity index is 1.68. The Morgan fingerprint density at radius 1 is 0.933 bits per heavy atom. The Morgan fingerprint density at radius 2 is 1.67 bits per heavy atom. The lowest BCUT2D eigenvalue weighted by Crippen LogP contribution is -2.27. The van der Waals surface area contributed by atoms with Crippen molar-refractivity contribution in [1.29, 1.82) is 0 Å². The van der Waals surface area contributed by atoms with E-state index < -0.39 is 22.9 Å². The Bertz CT molecular complexity index is 1170. The zero-order valence-electron chi connectivity index (χ0n) is 15.1. The van der Waals surface area contributed by atoms with Crippen molar-refractivity contribution < 1.29 is 22.8 Å². The van der Waals surface area contributed by atoms with Gasteiger partial charge < -0.3 is 4.57 Å². The van der Waals surface area contributed by atoms with Crippen molar-refractivity contribution in [2.75, 3.05) is 4.90 Å². The predicted octanol–water partition coefficient (Wildman–Crippen LogP) is 6.39. The van der Waals surface area contributed by atoms with Crippen LogP contribution in [0.1, 0.15) is 11.3 Å². The first-order chi connectivity index (χ1) is 14.2. The smallest absolute Gasteiger partial charge is 0.317 e. The molecule has 0 bridgehead atoms. The molecule has 1 aliphatic rings. The molecule has 1 aliphatic heterocycles. The average molecular weight is 449 g/mol. The first-order valence-corrected chi connectivity index (χ1v) is 9.82. The molecule has 2 aromatic carbocycles. The van der Waals surface area contributed by atoms with Gasteiger partial charge in [-0.15, -0.1) is 0 Å². The molecule has 2 amide bonds. The van der Waals surface area contributed by atoms with E-state index in [0.717, 1.165) is 28.8 Å². The summed E-state index contributed by atoms with van der Waals surface area (Å²) in [6.07, 6.45) is -1.39. The SMILES string of the molecule is O=C1S/C(=C/c2cccn2-c2cccc(C(F)(F)F)c2)C(=O)N1c1ccc(Cl)cc1. The number of hydrogen-bond donors (Lipinski definition) is 0. The Morgan fingerprint density at radius 3 is 2.37 bits per heavy atom. The van der Waals surface area contributed by atoms with Gasteiger partial charge in [0.1, 0.15) is 0 Å². The van der Waals surface area contributed by atoms with Crippen LogP contribution < -0.4 is 4.90 Å². The van der Waals surface area contributed by atoms with Crippen LogP contribution in [0.2, 0.25) is 5.02 Å². The third-order valence-electron chi connectivity index (χ3n) is 4.39. The van der Waals surface area contributed by atoms with E-state index in [1.165, 1.54) is 22.8 Å². The minimum absolute atomic E-state index is 0.168. The van der Waals surface area contributed by atoms with Crippen LogP contribution in [0.5, 0.6) is 0 Å². The monoisotopic (exact) mass is 448 g/mol. The minimum atomic E-state index is -4.47. The normalized spacial score (nSPS) is 16.0. The van der Waals surface area contributed by atoms with E-state index in [1.54, 1.807) is 42.6 Å². The largest absolute Gasteiger partial charge is 0.416 e. The topological polar surface area (TPSA) is 42.3 Å². The molecule has 4 rings (SSSR count). The van der Waals surface area contributed by atoms with Crippen LogP contribution in [0.15, 0.2) is 71.8 Å². The maximum atomic E-state index is 13.0. The van der Waals surface area contributed by atoms with Crippen LogP contribution in [0.4, 0.5) is 23.7 Å². The summed E-state index contributed by atoms with van der Waals surface area (Å²) in [7, 11) is 0. The van der Waals surface area contributed by atoms with E-state index in [9.17, 15) is 22.8 Å². The zero-order valence-corrected chi connectivity index (χ0v) is 16.6. The number of anilines is 1. The van der Waals surface area contributed by atoms with Gasteiger partial charge >= 0.3 is 6.18 Å². The van der Waals surface area contributed by atoms with Crippen molar-refractivity contribution in [3.8, 4) is 5.69 Å². The Hall–Kier alpha value is -2.97. The molecule has 9 heteroatoms. The number of thioether (sulfide) groups is 1. The van der Waals surface area contributed by atoms with Crippen molar-refractivity contribution in [1.82, 2.24) is 4.57 Å². The fraction of sp³-hybridized carbons (Fsp3) is 0.0476. The van der Waals surface area contributed by atoms with Gasteiger partial charge in [0.2, 0.25) is 0 Å². The molecule has 0 radical (unpaired) electrons. The molecule has 0 saturated carbocycles. The molecule has 0 N–H and O–H groups in total. The summed E-state index contributed by atoms with van der Waals surface area (Å²) in [6, 6.07) is 14.4. The fourth-order valence-corrected chi connectivity index (χ4v) is 3.95. The van der Waals surface area contributed by atoms with Crippen LogP contribution >= 0.6 is 23.4 Å². The second kappa shape index (κ2) is 7.70. The second-order valence-corrected chi connectivity index (χ2v) is 7.77. The van der Waals surface area contributed by atoms with Gasteiger partial charge in [-0.25, -0.2) is 4.90 Å². The molecule has 30 heavy (non-hydrogen) atoms. The molecule has 3 aromatic rings. The number of hydrogen-bond acceptors (Lipinski definition) is 3. The van der Waals surface area contributed by atoms with E-state index in [0.29, 0.717) is 16.4 Å². The van der Waals surface area contributed by atoms with Gasteiger partial charge in [0.25, 0.3) is 11.1 Å². The summed E-state index contributed by atoms with van der Waals surface area (Å²) in [6.45, 7) is 0. The van der Waals surface area contributed by atoms with Gasteiger partial charge in [-0.3, -0.25) is 9.59 Å². The zero-order chi connectivity index (χ0) is 21.5. The van der Waals surface area contributed by atoms with Gasteiger partial charge in [-0.1, -0.05) is 17.7 Å². The molecule has 1 saturated heterocycles. The number of aromatic nitrogens is 1. The van der Waals surface area contributed by atoms with Gasteiger partial charge in [-0.2, -0.15) is 13.2 Å². The Kier molecular flexibility index (Phi) is 5.21. The van der Waals surface area contributed by atoms with Gasteiger partial charge in [0.05, 0.1) is 16.2 Å². The van der Waals surface area contributed by atoms with Crippen molar-refractivity contribution in [3.63, 3.8) is 0 Å². The highest BCUT2D eigenvalue weighted by Crippen LogP contribution is 2.36. The summed E-state index contributed by atoms with van der Waals surface area (Å²) in [5.41, 5.74) is 0.371. The number of nitrogens with zero attached hydrogens (tertiary/aromatic N) is 2. The van der Waals surface area contributed by atoms with Crippen molar-refractivity contribution >= 4 is 46.3 Å².